The molecule has 0 bridgehead atoms. The molecular weight excluding hydrogens is 290 g/mol. The first kappa shape index (κ1) is 16.9. The molecule has 122 valence electrons. The van der Waals surface area contributed by atoms with Crippen LogP contribution < -0.4 is 5.56 Å². The molecule has 0 spiro atoms. The summed E-state index contributed by atoms with van der Waals surface area (Å²) in [6.07, 6.45) is 1.68. The van der Waals surface area contributed by atoms with E-state index in [0.717, 1.165) is 5.57 Å². The van der Waals surface area contributed by atoms with E-state index in [4.69, 9.17) is 0 Å². The van der Waals surface area contributed by atoms with Crippen molar-refractivity contribution in [2.24, 2.45) is 0 Å². The van der Waals surface area contributed by atoms with Crippen molar-refractivity contribution < 1.29 is 4.79 Å². The van der Waals surface area contributed by atoms with Crippen molar-refractivity contribution in [3.05, 3.63) is 52.6 Å². The van der Waals surface area contributed by atoms with Crippen molar-refractivity contribution in [1.82, 2.24) is 14.9 Å². The van der Waals surface area contributed by atoms with Crippen LogP contribution in [-0.4, -0.2) is 33.9 Å². The summed E-state index contributed by atoms with van der Waals surface area (Å²) in [7, 11) is 0. The number of amides is 1. The van der Waals surface area contributed by atoms with Crippen LogP contribution in [0.3, 0.4) is 0 Å². The molecule has 1 aromatic heterocycles. The molecule has 2 rings (SSSR count). The van der Waals surface area contributed by atoms with Crippen molar-refractivity contribution in [1.29, 1.82) is 0 Å². The van der Waals surface area contributed by atoms with Gasteiger partial charge >= 0.3 is 0 Å². The fourth-order valence-electron chi connectivity index (χ4n) is 2.52. The molecule has 0 fully saturated rings. The van der Waals surface area contributed by atoms with Crippen molar-refractivity contribution in [2.75, 3.05) is 13.1 Å². The minimum atomic E-state index is -0.130. The molecule has 0 saturated heterocycles. The average molecular weight is 313 g/mol. The Labute approximate surface area is 136 Å². The molecule has 23 heavy (non-hydrogen) atoms. The van der Waals surface area contributed by atoms with Gasteiger partial charge in [0.15, 0.2) is 0 Å². The molecule has 0 saturated carbocycles. The number of aromatic nitrogens is 2. The number of para-hydroxylation sites is 1. The fourth-order valence-corrected chi connectivity index (χ4v) is 2.52. The highest BCUT2D eigenvalue weighted by Crippen LogP contribution is 2.08. The highest BCUT2D eigenvalue weighted by Gasteiger charge is 2.11. The van der Waals surface area contributed by atoms with E-state index in [1.54, 1.807) is 11.0 Å². The van der Waals surface area contributed by atoms with Gasteiger partial charge in [-0.05, 0) is 32.4 Å². The van der Waals surface area contributed by atoms with Gasteiger partial charge in [-0.3, -0.25) is 9.59 Å². The number of aromatic amines is 1. The largest absolute Gasteiger partial charge is 0.339 e. The Morgan fingerprint density at radius 2 is 2.09 bits per heavy atom. The van der Waals surface area contributed by atoms with E-state index >= 15 is 0 Å². The van der Waals surface area contributed by atoms with Crippen molar-refractivity contribution in [3.8, 4) is 0 Å². The quantitative estimate of drug-likeness (QED) is 0.799. The Hall–Kier alpha value is -2.43. The minimum absolute atomic E-state index is 0.110. The van der Waals surface area contributed by atoms with Crippen LogP contribution in [0.25, 0.3) is 10.9 Å². The van der Waals surface area contributed by atoms with E-state index in [1.807, 2.05) is 32.0 Å². The maximum absolute atomic E-state index is 12.2. The van der Waals surface area contributed by atoms with Crippen LogP contribution in [0.1, 0.15) is 32.5 Å². The second-order valence-electron chi connectivity index (χ2n) is 5.75. The third-order valence-electron chi connectivity index (χ3n) is 3.66. The van der Waals surface area contributed by atoms with Crippen molar-refractivity contribution in [3.63, 3.8) is 0 Å². The number of carbonyl (C=O) groups excluding carboxylic acids is 1. The van der Waals surface area contributed by atoms with E-state index < -0.39 is 0 Å². The van der Waals surface area contributed by atoms with Crippen LogP contribution in [0.15, 0.2) is 41.2 Å². The summed E-state index contributed by atoms with van der Waals surface area (Å²) in [5.74, 6) is 0.739. The third kappa shape index (κ3) is 4.52. The molecule has 1 amide bonds. The van der Waals surface area contributed by atoms with Crippen LogP contribution in [0, 0.1) is 0 Å². The predicted octanol–water partition coefficient (Wildman–Crippen LogP) is 2.67. The summed E-state index contributed by atoms with van der Waals surface area (Å²) < 4.78 is 0. The number of carbonyl (C=O) groups is 1. The number of likely N-dealkylation sites (N-methyl/N-ethyl adjacent to an activating group) is 1. The second kappa shape index (κ2) is 7.72. The Balaban J connectivity index is 1.97. The molecule has 5 nitrogen and oxygen atoms in total. The number of fused-ring (bicyclic) bond motifs is 1. The summed E-state index contributed by atoms with van der Waals surface area (Å²) in [6, 6.07) is 7.26. The van der Waals surface area contributed by atoms with Gasteiger partial charge in [-0.1, -0.05) is 24.3 Å². The lowest BCUT2D eigenvalue weighted by molar-refractivity contribution is -0.130. The van der Waals surface area contributed by atoms with Crippen LogP contribution in [0.2, 0.25) is 0 Å². The average Bonchev–Trinajstić information content (AvgIpc) is 2.52. The molecule has 5 heteroatoms. The molecule has 0 unspecified atom stereocenters. The van der Waals surface area contributed by atoms with Gasteiger partial charge < -0.3 is 9.88 Å². The Morgan fingerprint density at radius 1 is 1.35 bits per heavy atom. The number of nitrogens with one attached hydrogen (secondary N) is 1. The Morgan fingerprint density at radius 3 is 2.78 bits per heavy atom. The smallest absolute Gasteiger partial charge is 0.258 e. The van der Waals surface area contributed by atoms with E-state index in [0.29, 0.717) is 49.1 Å². The van der Waals surface area contributed by atoms with Crippen molar-refractivity contribution in [2.45, 2.75) is 33.1 Å². The molecule has 2 aromatic rings. The van der Waals surface area contributed by atoms with Gasteiger partial charge in [0.1, 0.15) is 5.82 Å². The van der Waals surface area contributed by atoms with E-state index in [2.05, 4.69) is 16.5 Å². The topological polar surface area (TPSA) is 66.1 Å². The number of H-pyrrole nitrogens is 1. The number of nitrogens with zero attached hydrogens (tertiary/aromatic N) is 2. The Bertz CT molecular complexity index is 764. The van der Waals surface area contributed by atoms with Crippen LogP contribution in [-0.2, 0) is 11.2 Å². The Kier molecular flexibility index (Phi) is 5.68. The standard InChI is InChI=1S/C18H23N3O2/c1-4-21(12-13(2)3)17(22)11-7-10-16-19-15-9-6-5-8-14(15)18(23)20-16/h5-6,8-9H,2,4,7,10-12H2,1,3H3,(H,19,20,23). The van der Waals surface area contributed by atoms with Crippen LogP contribution in [0.4, 0.5) is 0 Å². The monoisotopic (exact) mass is 313 g/mol. The summed E-state index contributed by atoms with van der Waals surface area (Å²) >= 11 is 0. The highest BCUT2D eigenvalue weighted by atomic mass is 16.2. The number of hydrogen-bond acceptors (Lipinski definition) is 3. The number of rotatable bonds is 7. The normalized spacial score (nSPS) is 10.7. The molecule has 0 radical (unpaired) electrons. The fraction of sp³-hybridized carbons (Fsp3) is 0.389. The second-order valence-corrected chi connectivity index (χ2v) is 5.75. The lowest BCUT2D eigenvalue weighted by Gasteiger charge is -2.20. The third-order valence-corrected chi connectivity index (χ3v) is 3.66. The highest BCUT2D eigenvalue weighted by molar-refractivity contribution is 5.77. The predicted molar refractivity (Wildman–Crippen MR) is 92.4 cm³/mol. The van der Waals surface area contributed by atoms with Crippen LogP contribution in [0.5, 0.6) is 0 Å². The van der Waals surface area contributed by atoms with E-state index in [-0.39, 0.29) is 11.5 Å². The summed E-state index contributed by atoms with van der Waals surface area (Å²) in [5.41, 5.74) is 1.53. The van der Waals surface area contributed by atoms with Gasteiger partial charge in [0.2, 0.25) is 5.91 Å². The molecule has 1 N–H and O–H groups in total. The summed E-state index contributed by atoms with van der Waals surface area (Å²) in [5, 5.41) is 0.589. The minimum Gasteiger partial charge on any atom is -0.339 e. The first-order valence-corrected chi connectivity index (χ1v) is 7.91. The molecule has 1 aromatic carbocycles. The van der Waals surface area contributed by atoms with Crippen LogP contribution >= 0.6 is 0 Å². The van der Waals surface area contributed by atoms with Gasteiger partial charge in [0.05, 0.1) is 10.9 Å². The molecule has 0 atom stereocenters. The summed E-state index contributed by atoms with van der Waals surface area (Å²) in [6.45, 7) is 9.00. The van der Waals surface area contributed by atoms with E-state index in [1.165, 1.54) is 0 Å². The maximum atomic E-state index is 12.2. The summed E-state index contributed by atoms with van der Waals surface area (Å²) in [4.78, 5) is 33.2. The van der Waals surface area contributed by atoms with E-state index in [9.17, 15) is 9.59 Å². The molecule has 0 aliphatic carbocycles. The number of hydrogen-bond donors (Lipinski definition) is 1. The van der Waals surface area contributed by atoms with Gasteiger partial charge in [-0.15, -0.1) is 0 Å². The first-order chi connectivity index (χ1) is 11.0. The SMILES string of the molecule is C=C(C)CN(CC)C(=O)CCCc1nc2ccccc2c(=O)[nH]1. The molecular formula is C18H23N3O2. The first-order valence-electron chi connectivity index (χ1n) is 7.91. The molecule has 0 aliphatic heterocycles. The van der Waals surface area contributed by atoms with Gasteiger partial charge in [-0.25, -0.2) is 4.98 Å². The number of benzene rings is 1. The van der Waals surface area contributed by atoms with Gasteiger partial charge in [0.25, 0.3) is 5.56 Å². The zero-order valence-electron chi connectivity index (χ0n) is 13.8. The lowest BCUT2D eigenvalue weighted by atomic mass is 10.2. The number of aryl methyl sites for hydroxylation is 1. The van der Waals surface area contributed by atoms with Crippen molar-refractivity contribution >= 4 is 16.8 Å². The maximum Gasteiger partial charge on any atom is 0.258 e. The zero-order chi connectivity index (χ0) is 16.8. The van der Waals surface area contributed by atoms with Gasteiger partial charge in [-0.2, -0.15) is 0 Å². The van der Waals surface area contributed by atoms with Gasteiger partial charge in [0, 0.05) is 25.9 Å². The molecule has 1 heterocycles. The zero-order valence-corrected chi connectivity index (χ0v) is 13.8. The molecule has 0 aliphatic rings. The lowest BCUT2D eigenvalue weighted by Crippen LogP contribution is -2.32.